The number of carbonyl (C=O) groups is 1. The van der Waals surface area contributed by atoms with Crippen molar-refractivity contribution in [1.82, 2.24) is 24.8 Å². The number of nitrogens with zero attached hydrogens (tertiary/aromatic N) is 5. The highest BCUT2D eigenvalue weighted by Gasteiger charge is 2.29. The first-order valence-corrected chi connectivity index (χ1v) is 9.80. The van der Waals surface area contributed by atoms with E-state index in [-0.39, 0.29) is 17.9 Å². The Morgan fingerprint density at radius 3 is 2.89 bits per heavy atom. The van der Waals surface area contributed by atoms with Gasteiger partial charge in [-0.2, -0.15) is 10.1 Å². The van der Waals surface area contributed by atoms with Gasteiger partial charge in [0.15, 0.2) is 11.5 Å². The Kier molecular flexibility index (Phi) is 4.99. The number of aromatic nitrogens is 4. The molecule has 4 rings (SSSR count). The zero-order chi connectivity index (χ0) is 19.0. The lowest BCUT2D eigenvalue weighted by molar-refractivity contribution is -0.136. The van der Waals surface area contributed by atoms with Crippen molar-refractivity contribution in [3.63, 3.8) is 0 Å². The summed E-state index contributed by atoms with van der Waals surface area (Å²) in [6, 6.07) is 0.263. The zero-order valence-electron chi connectivity index (χ0n) is 16.3. The van der Waals surface area contributed by atoms with Crippen molar-refractivity contribution in [2.24, 2.45) is 5.92 Å². The molecule has 1 saturated carbocycles. The first-order valence-electron chi connectivity index (χ1n) is 9.80. The van der Waals surface area contributed by atoms with E-state index in [2.05, 4.69) is 24.0 Å². The molecule has 0 bridgehead atoms. The molecule has 0 unspecified atom stereocenters. The van der Waals surface area contributed by atoms with Crippen LogP contribution in [-0.4, -0.2) is 50.9 Å². The summed E-state index contributed by atoms with van der Waals surface area (Å²) in [5.41, 5.74) is 2.95. The van der Waals surface area contributed by atoms with Gasteiger partial charge in [-0.05, 0) is 26.7 Å². The number of rotatable bonds is 6. The van der Waals surface area contributed by atoms with Gasteiger partial charge in [-0.15, -0.1) is 0 Å². The van der Waals surface area contributed by atoms with Gasteiger partial charge in [-0.25, -0.2) is 0 Å². The number of hydrogen-bond donors (Lipinski definition) is 0. The highest BCUT2D eigenvalue weighted by Crippen LogP contribution is 2.30. The Balaban J connectivity index is 1.47. The molecule has 0 N–H and O–H groups in total. The average Bonchev–Trinajstić information content (AvgIpc) is 3.22. The summed E-state index contributed by atoms with van der Waals surface area (Å²) in [6.45, 7) is 6.05. The van der Waals surface area contributed by atoms with Crippen LogP contribution in [0, 0.1) is 5.92 Å². The Bertz CT molecular complexity index is 821. The van der Waals surface area contributed by atoms with Crippen LogP contribution in [0.3, 0.4) is 0 Å². The van der Waals surface area contributed by atoms with Crippen LogP contribution in [0.25, 0.3) is 11.6 Å². The number of hydrogen-bond acceptors (Lipinski definition) is 6. The quantitative estimate of drug-likeness (QED) is 0.773. The van der Waals surface area contributed by atoms with Crippen molar-refractivity contribution in [2.45, 2.75) is 58.6 Å². The third kappa shape index (κ3) is 3.50. The normalized spacial score (nSPS) is 17.0. The summed E-state index contributed by atoms with van der Waals surface area (Å²) < 4.78 is 13.1. The minimum Gasteiger partial charge on any atom is -0.376 e. The highest BCUT2D eigenvalue weighted by atomic mass is 16.5. The summed E-state index contributed by atoms with van der Waals surface area (Å²) in [7, 11) is 1.85. The topological polar surface area (TPSA) is 86.3 Å². The standard InChI is InChI=1S/C19H27N5O3/c1-12(2)24-15-8-10-26-11-14(15)17(21-24)18-20-16(22-27-18)7-9-23(3)19(25)13-5-4-6-13/h12-13H,4-11H2,1-3H3. The molecule has 8 nitrogen and oxygen atoms in total. The molecule has 0 spiro atoms. The van der Waals surface area contributed by atoms with E-state index in [1.165, 1.54) is 5.69 Å². The molecule has 1 aliphatic heterocycles. The van der Waals surface area contributed by atoms with Gasteiger partial charge < -0.3 is 14.2 Å². The maximum atomic E-state index is 12.2. The molecule has 1 aliphatic carbocycles. The number of ether oxygens (including phenoxy) is 1. The van der Waals surface area contributed by atoms with Crippen LogP contribution in [0.5, 0.6) is 0 Å². The Morgan fingerprint density at radius 1 is 1.37 bits per heavy atom. The van der Waals surface area contributed by atoms with Crippen molar-refractivity contribution in [2.75, 3.05) is 20.2 Å². The molecule has 2 aromatic heterocycles. The second-order valence-corrected chi connectivity index (χ2v) is 7.77. The van der Waals surface area contributed by atoms with Crippen LogP contribution in [0.1, 0.15) is 56.2 Å². The molecule has 0 saturated heterocycles. The lowest BCUT2D eigenvalue weighted by Crippen LogP contribution is -2.37. The van der Waals surface area contributed by atoms with Gasteiger partial charge in [0.25, 0.3) is 5.89 Å². The van der Waals surface area contributed by atoms with Crippen molar-refractivity contribution in [3.05, 3.63) is 17.1 Å². The summed E-state index contributed by atoms with van der Waals surface area (Å²) >= 11 is 0. The van der Waals surface area contributed by atoms with Gasteiger partial charge in [0, 0.05) is 49.7 Å². The zero-order valence-corrected chi connectivity index (χ0v) is 16.3. The van der Waals surface area contributed by atoms with Gasteiger partial charge >= 0.3 is 0 Å². The molecule has 1 amide bonds. The van der Waals surface area contributed by atoms with Crippen LogP contribution in [-0.2, 0) is 29.0 Å². The van der Waals surface area contributed by atoms with Crippen molar-refractivity contribution >= 4 is 5.91 Å². The van der Waals surface area contributed by atoms with E-state index >= 15 is 0 Å². The number of carbonyl (C=O) groups excluding carboxylic acids is 1. The SMILES string of the molecule is CC(C)n1nc(-c2nc(CCN(C)C(=O)C3CCC3)no2)c2c1CCOC2. The molecule has 0 aromatic carbocycles. The molecule has 1 fully saturated rings. The molecule has 27 heavy (non-hydrogen) atoms. The molecule has 2 aliphatic rings. The minimum atomic E-state index is 0.211. The third-order valence-electron chi connectivity index (χ3n) is 5.51. The fourth-order valence-electron chi connectivity index (χ4n) is 3.66. The summed E-state index contributed by atoms with van der Waals surface area (Å²) in [4.78, 5) is 18.5. The van der Waals surface area contributed by atoms with Crippen molar-refractivity contribution < 1.29 is 14.1 Å². The second kappa shape index (κ2) is 7.42. The van der Waals surface area contributed by atoms with E-state index in [1.807, 2.05) is 11.7 Å². The molecule has 0 atom stereocenters. The minimum absolute atomic E-state index is 0.211. The largest absolute Gasteiger partial charge is 0.376 e. The van der Waals surface area contributed by atoms with E-state index in [1.54, 1.807) is 4.90 Å². The summed E-state index contributed by atoms with van der Waals surface area (Å²) in [6.07, 6.45) is 4.61. The molecule has 2 aromatic rings. The second-order valence-electron chi connectivity index (χ2n) is 7.77. The van der Waals surface area contributed by atoms with E-state index in [0.29, 0.717) is 37.9 Å². The van der Waals surface area contributed by atoms with Gasteiger partial charge in [0.05, 0.1) is 13.2 Å². The molecular formula is C19H27N5O3. The van der Waals surface area contributed by atoms with Crippen LogP contribution in [0.15, 0.2) is 4.52 Å². The maximum Gasteiger partial charge on any atom is 0.278 e. The molecule has 0 radical (unpaired) electrons. The Morgan fingerprint density at radius 2 is 2.19 bits per heavy atom. The van der Waals surface area contributed by atoms with Crippen LogP contribution < -0.4 is 0 Å². The fraction of sp³-hybridized carbons (Fsp3) is 0.684. The van der Waals surface area contributed by atoms with E-state index in [4.69, 9.17) is 14.4 Å². The molecule has 146 valence electrons. The molecular weight excluding hydrogens is 346 g/mol. The smallest absolute Gasteiger partial charge is 0.278 e. The van der Waals surface area contributed by atoms with Crippen LogP contribution in [0.4, 0.5) is 0 Å². The van der Waals surface area contributed by atoms with Crippen LogP contribution >= 0.6 is 0 Å². The van der Waals surface area contributed by atoms with E-state index in [0.717, 1.165) is 36.9 Å². The average molecular weight is 373 g/mol. The summed E-state index contributed by atoms with van der Waals surface area (Å²) in [5, 5.41) is 8.81. The fourth-order valence-corrected chi connectivity index (χ4v) is 3.66. The lowest BCUT2D eigenvalue weighted by Gasteiger charge is -2.28. The van der Waals surface area contributed by atoms with Crippen LogP contribution in [0.2, 0.25) is 0 Å². The van der Waals surface area contributed by atoms with Gasteiger partial charge in [0.2, 0.25) is 5.91 Å². The predicted molar refractivity (Wildman–Crippen MR) is 97.9 cm³/mol. The van der Waals surface area contributed by atoms with E-state index in [9.17, 15) is 4.79 Å². The molecule has 8 heteroatoms. The monoisotopic (exact) mass is 373 g/mol. The first kappa shape index (κ1) is 18.2. The first-order chi connectivity index (χ1) is 13.0. The molecule has 3 heterocycles. The lowest BCUT2D eigenvalue weighted by atomic mass is 9.84. The number of likely N-dealkylation sites (N-methyl/N-ethyl adjacent to an activating group) is 1. The highest BCUT2D eigenvalue weighted by molar-refractivity contribution is 5.79. The van der Waals surface area contributed by atoms with E-state index < -0.39 is 0 Å². The van der Waals surface area contributed by atoms with Gasteiger partial charge in [0.1, 0.15) is 0 Å². The Hall–Kier alpha value is -2.22. The maximum absolute atomic E-state index is 12.2. The predicted octanol–water partition coefficient (Wildman–Crippen LogP) is 2.39. The summed E-state index contributed by atoms with van der Waals surface area (Å²) in [5.74, 6) is 1.47. The third-order valence-corrected chi connectivity index (χ3v) is 5.51. The van der Waals surface area contributed by atoms with Gasteiger partial charge in [-0.3, -0.25) is 9.48 Å². The Labute approximate surface area is 158 Å². The van der Waals surface area contributed by atoms with Crippen molar-refractivity contribution in [1.29, 1.82) is 0 Å². The number of amides is 1. The van der Waals surface area contributed by atoms with Gasteiger partial charge in [-0.1, -0.05) is 11.6 Å². The van der Waals surface area contributed by atoms with Crippen molar-refractivity contribution in [3.8, 4) is 11.6 Å². The number of fused-ring (bicyclic) bond motifs is 1.